The summed E-state index contributed by atoms with van der Waals surface area (Å²) < 4.78 is 0. The number of hydrogen-bond donors (Lipinski definition) is 2. The van der Waals surface area contributed by atoms with Crippen molar-refractivity contribution < 1.29 is 14.7 Å². The molecule has 0 radical (unpaired) electrons. The van der Waals surface area contributed by atoms with Crippen molar-refractivity contribution in [1.29, 1.82) is 0 Å². The van der Waals surface area contributed by atoms with E-state index in [1.54, 1.807) is 6.07 Å². The number of carbonyl (C=O) groups excluding carboxylic acids is 1. The van der Waals surface area contributed by atoms with Gasteiger partial charge in [-0.05, 0) is 24.8 Å². The molecule has 0 aromatic carbocycles. The summed E-state index contributed by atoms with van der Waals surface area (Å²) >= 11 is 0. The summed E-state index contributed by atoms with van der Waals surface area (Å²) in [5.74, 6) is -0.989. The Bertz CT molecular complexity index is 467. The predicted octanol–water partition coefficient (Wildman–Crippen LogP) is 1.22. The molecule has 0 saturated carbocycles. The molecule has 1 aromatic rings. The monoisotopic (exact) mass is 251 g/mol. The fraction of sp³-hybridized carbons (Fsp3) is 0.583. The van der Waals surface area contributed by atoms with Crippen LogP contribution in [0.15, 0.2) is 6.07 Å². The molecular formula is C12H17N3O3. The Morgan fingerprint density at radius 1 is 1.56 bits per heavy atom. The normalized spacial score (nSPS) is 19.5. The van der Waals surface area contributed by atoms with Crippen LogP contribution in [0.3, 0.4) is 0 Å². The largest absolute Gasteiger partial charge is 0.480 e. The van der Waals surface area contributed by atoms with Crippen LogP contribution in [0.5, 0.6) is 0 Å². The van der Waals surface area contributed by atoms with Crippen molar-refractivity contribution in [1.82, 2.24) is 15.1 Å². The lowest BCUT2D eigenvalue weighted by atomic mass is 10.1. The van der Waals surface area contributed by atoms with Crippen LogP contribution in [0, 0.1) is 0 Å². The van der Waals surface area contributed by atoms with Crippen LogP contribution in [0.25, 0.3) is 0 Å². The predicted molar refractivity (Wildman–Crippen MR) is 64.4 cm³/mol. The number of rotatable bonds is 3. The molecule has 0 spiro atoms. The maximum absolute atomic E-state index is 12.2. The number of carboxylic acids is 1. The molecule has 0 bridgehead atoms. The fourth-order valence-corrected chi connectivity index (χ4v) is 2.16. The second-order valence-corrected chi connectivity index (χ2v) is 4.86. The van der Waals surface area contributed by atoms with Crippen LogP contribution in [-0.2, 0) is 4.79 Å². The average Bonchev–Trinajstić information content (AvgIpc) is 2.97. The Kier molecular flexibility index (Phi) is 3.36. The molecule has 2 heterocycles. The number of hydrogen-bond acceptors (Lipinski definition) is 3. The van der Waals surface area contributed by atoms with Gasteiger partial charge >= 0.3 is 5.97 Å². The van der Waals surface area contributed by atoms with Gasteiger partial charge in [0.1, 0.15) is 11.7 Å². The number of carboxylic acid groups (broad SMARTS) is 1. The number of nitrogens with zero attached hydrogens (tertiary/aromatic N) is 2. The molecule has 1 aromatic heterocycles. The van der Waals surface area contributed by atoms with Gasteiger partial charge < -0.3 is 10.0 Å². The number of H-pyrrole nitrogens is 1. The highest BCUT2D eigenvalue weighted by atomic mass is 16.4. The molecule has 1 aliphatic heterocycles. The molecule has 98 valence electrons. The number of carbonyl (C=O) groups is 2. The second-order valence-electron chi connectivity index (χ2n) is 4.86. The van der Waals surface area contributed by atoms with Crippen molar-refractivity contribution in [3.63, 3.8) is 0 Å². The van der Waals surface area contributed by atoms with E-state index in [1.807, 2.05) is 13.8 Å². The smallest absolute Gasteiger partial charge is 0.326 e. The topological polar surface area (TPSA) is 86.3 Å². The Morgan fingerprint density at radius 3 is 2.83 bits per heavy atom. The maximum Gasteiger partial charge on any atom is 0.326 e. The van der Waals surface area contributed by atoms with Gasteiger partial charge in [0.2, 0.25) is 0 Å². The van der Waals surface area contributed by atoms with E-state index < -0.39 is 12.0 Å². The first kappa shape index (κ1) is 12.6. The van der Waals surface area contributed by atoms with Crippen molar-refractivity contribution in [2.75, 3.05) is 6.54 Å². The highest BCUT2D eigenvalue weighted by Crippen LogP contribution is 2.21. The number of aromatic nitrogens is 2. The summed E-state index contributed by atoms with van der Waals surface area (Å²) in [5.41, 5.74) is 1.18. The minimum Gasteiger partial charge on any atom is -0.480 e. The van der Waals surface area contributed by atoms with E-state index in [-0.39, 0.29) is 11.8 Å². The molecule has 1 fully saturated rings. The third kappa shape index (κ3) is 2.23. The first-order chi connectivity index (χ1) is 8.50. The zero-order valence-electron chi connectivity index (χ0n) is 10.5. The van der Waals surface area contributed by atoms with E-state index >= 15 is 0 Å². The molecule has 1 amide bonds. The van der Waals surface area contributed by atoms with E-state index in [4.69, 9.17) is 5.11 Å². The first-order valence-corrected chi connectivity index (χ1v) is 6.09. The Morgan fingerprint density at radius 2 is 2.28 bits per heavy atom. The SMILES string of the molecule is CC(C)c1cc(C(=O)N2CCC[C@H]2C(=O)O)n[nH]1. The Balaban J connectivity index is 2.17. The van der Waals surface area contributed by atoms with Gasteiger partial charge in [0.15, 0.2) is 0 Å². The van der Waals surface area contributed by atoms with Gasteiger partial charge in [-0.25, -0.2) is 4.79 Å². The molecule has 1 atom stereocenters. The molecule has 2 rings (SSSR count). The molecule has 0 aliphatic carbocycles. The summed E-state index contributed by atoms with van der Waals surface area (Å²) in [6.45, 7) is 4.48. The lowest BCUT2D eigenvalue weighted by molar-refractivity contribution is -0.141. The summed E-state index contributed by atoms with van der Waals surface area (Å²) in [4.78, 5) is 24.6. The van der Waals surface area contributed by atoms with Crippen LogP contribution >= 0.6 is 0 Å². The second kappa shape index (κ2) is 4.80. The molecule has 6 heteroatoms. The highest BCUT2D eigenvalue weighted by Gasteiger charge is 2.35. The van der Waals surface area contributed by atoms with Gasteiger partial charge in [-0.15, -0.1) is 0 Å². The van der Waals surface area contributed by atoms with Gasteiger partial charge in [0.05, 0.1) is 0 Å². The van der Waals surface area contributed by atoms with Crippen LogP contribution in [0.4, 0.5) is 0 Å². The Hall–Kier alpha value is -1.85. The Labute approximate surface area is 105 Å². The van der Waals surface area contributed by atoms with Crippen LogP contribution < -0.4 is 0 Å². The summed E-state index contributed by atoms with van der Waals surface area (Å²) in [7, 11) is 0. The van der Waals surface area contributed by atoms with Gasteiger partial charge in [0.25, 0.3) is 5.91 Å². The van der Waals surface area contributed by atoms with Crippen molar-refractivity contribution >= 4 is 11.9 Å². The van der Waals surface area contributed by atoms with Crippen LogP contribution in [0.1, 0.15) is 48.8 Å². The third-order valence-corrected chi connectivity index (χ3v) is 3.24. The number of aromatic amines is 1. The number of nitrogens with one attached hydrogen (secondary N) is 1. The van der Waals surface area contributed by atoms with Crippen LogP contribution in [0.2, 0.25) is 0 Å². The van der Waals surface area contributed by atoms with Gasteiger partial charge in [0, 0.05) is 12.2 Å². The van der Waals surface area contributed by atoms with Gasteiger partial charge in [-0.2, -0.15) is 5.10 Å². The van der Waals surface area contributed by atoms with E-state index in [9.17, 15) is 9.59 Å². The number of amides is 1. The molecular weight excluding hydrogens is 234 g/mol. The standard InChI is InChI=1S/C12H17N3O3/c1-7(2)8-6-9(14-13-8)11(16)15-5-3-4-10(15)12(17)18/h6-7,10H,3-5H2,1-2H3,(H,13,14)(H,17,18)/t10-/m0/s1. The van der Waals surface area contributed by atoms with E-state index in [0.717, 1.165) is 12.1 Å². The van der Waals surface area contributed by atoms with Gasteiger partial charge in [-0.1, -0.05) is 13.8 Å². The zero-order chi connectivity index (χ0) is 13.3. The molecule has 6 nitrogen and oxygen atoms in total. The van der Waals surface area contributed by atoms with Crippen molar-refractivity contribution in [2.45, 2.75) is 38.6 Å². The molecule has 1 aliphatic rings. The van der Waals surface area contributed by atoms with Crippen LogP contribution in [-0.4, -0.2) is 44.7 Å². The van der Waals surface area contributed by atoms with E-state index in [0.29, 0.717) is 18.7 Å². The summed E-state index contributed by atoms with van der Waals surface area (Å²) in [6, 6.07) is 0.987. The first-order valence-electron chi connectivity index (χ1n) is 6.09. The summed E-state index contributed by atoms with van der Waals surface area (Å²) in [5, 5.41) is 15.8. The molecule has 0 unspecified atom stereocenters. The number of likely N-dealkylation sites (tertiary alicyclic amines) is 1. The number of aliphatic carboxylic acids is 1. The van der Waals surface area contributed by atoms with Crippen molar-refractivity contribution in [2.24, 2.45) is 0 Å². The highest BCUT2D eigenvalue weighted by molar-refractivity contribution is 5.95. The van der Waals surface area contributed by atoms with E-state index in [2.05, 4.69) is 10.2 Å². The maximum atomic E-state index is 12.2. The van der Waals surface area contributed by atoms with Crippen molar-refractivity contribution in [3.05, 3.63) is 17.5 Å². The van der Waals surface area contributed by atoms with Crippen molar-refractivity contribution in [3.8, 4) is 0 Å². The zero-order valence-corrected chi connectivity index (χ0v) is 10.5. The minimum atomic E-state index is -0.944. The fourth-order valence-electron chi connectivity index (χ4n) is 2.16. The minimum absolute atomic E-state index is 0.257. The third-order valence-electron chi connectivity index (χ3n) is 3.24. The molecule has 1 saturated heterocycles. The lowest BCUT2D eigenvalue weighted by Gasteiger charge is -2.19. The quantitative estimate of drug-likeness (QED) is 0.845. The average molecular weight is 251 g/mol. The lowest BCUT2D eigenvalue weighted by Crippen LogP contribution is -2.40. The molecule has 2 N–H and O–H groups in total. The van der Waals surface area contributed by atoms with E-state index in [1.165, 1.54) is 4.90 Å². The van der Waals surface area contributed by atoms with Gasteiger partial charge in [-0.3, -0.25) is 9.89 Å². The summed E-state index contributed by atoms with van der Waals surface area (Å²) in [6.07, 6.45) is 1.24. The molecule has 18 heavy (non-hydrogen) atoms.